The first-order valence-electron chi connectivity index (χ1n) is 11.3. The first-order valence-corrected chi connectivity index (χ1v) is 11.3. The SMILES string of the molecule is COc1ccc(CCN(C)C2(OC(c3ccccc3)c3ccccc3)CCCC2)cc1. The maximum absolute atomic E-state index is 7.06. The van der Waals surface area contributed by atoms with Crippen LogP contribution in [0.3, 0.4) is 0 Å². The van der Waals surface area contributed by atoms with E-state index in [2.05, 4.69) is 84.7 Å². The Kier molecular flexibility index (Phi) is 7.06. The summed E-state index contributed by atoms with van der Waals surface area (Å²) in [6.45, 7) is 0.961. The molecule has 0 amide bonds. The molecule has 3 aromatic carbocycles. The minimum Gasteiger partial charge on any atom is -0.497 e. The lowest BCUT2D eigenvalue weighted by Gasteiger charge is -2.41. The van der Waals surface area contributed by atoms with Crippen LogP contribution in [0.5, 0.6) is 5.75 Å². The van der Waals surface area contributed by atoms with Crippen LogP contribution in [-0.2, 0) is 11.2 Å². The third kappa shape index (κ3) is 5.17. The van der Waals surface area contributed by atoms with Gasteiger partial charge in [-0.1, -0.05) is 72.8 Å². The summed E-state index contributed by atoms with van der Waals surface area (Å²) in [5.41, 5.74) is 3.51. The van der Waals surface area contributed by atoms with Gasteiger partial charge in [-0.15, -0.1) is 0 Å². The molecule has 0 bridgehead atoms. The fourth-order valence-electron chi connectivity index (χ4n) is 4.61. The largest absolute Gasteiger partial charge is 0.497 e. The van der Waals surface area contributed by atoms with Crippen molar-refractivity contribution in [2.75, 3.05) is 20.7 Å². The summed E-state index contributed by atoms with van der Waals surface area (Å²) in [5, 5.41) is 0. The molecule has 0 atom stereocenters. The molecular weight excluding hydrogens is 382 g/mol. The number of rotatable bonds is 9. The number of likely N-dealkylation sites (N-methyl/N-ethyl adjacent to an activating group) is 1. The summed E-state index contributed by atoms with van der Waals surface area (Å²) >= 11 is 0. The lowest BCUT2D eigenvalue weighted by molar-refractivity contribution is -0.167. The van der Waals surface area contributed by atoms with Crippen molar-refractivity contribution in [1.29, 1.82) is 0 Å². The fourth-order valence-corrected chi connectivity index (χ4v) is 4.61. The second-order valence-corrected chi connectivity index (χ2v) is 8.49. The van der Waals surface area contributed by atoms with E-state index in [0.717, 1.165) is 31.6 Å². The number of nitrogens with zero attached hydrogens (tertiary/aromatic N) is 1. The number of benzene rings is 3. The van der Waals surface area contributed by atoms with E-state index >= 15 is 0 Å². The van der Waals surface area contributed by atoms with Crippen LogP contribution in [0.2, 0.25) is 0 Å². The third-order valence-electron chi connectivity index (χ3n) is 6.52. The van der Waals surface area contributed by atoms with Crippen molar-refractivity contribution in [3.8, 4) is 5.75 Å². The molecule has 0 heterocycles. The van der Waals surface area contributed by atoms with Crippen molar-refractivity contribution >= 4 is 0 Å². The Balaban J connectivity index is 1.54. The topological polar surface area (TPSA) is 21.7 Å². The molecule has 31 heavy (non-hydrogen) atoms. The van der Waals surface area contributed by atoms with Gasteiger partial charge >= 0.3 is 0 Å². The van der Waals surface area contributed by atoms with Crippen molar-refractivity contribution in [2.45, 2.75) is 43.9 Å². The molecule has 162 valence electrons. The van der Waals surface area contributed by atoms with Gasteiger partial charge in [0.1, 0.15) is 17.6 Å². The van der Waals surface area contributed by atoms with Gasteiger partial charge in [-0.25, -0.2) is 0 Å². The lowest BCUT2D eigenvalue weighted by Crippen LogP contribution is -2.48. The number of hydrogen-bond acceptors (Lipinski definition) is 3. The Morgan fingerprint density at radius 3 is 1.87 bits per heavy atom. The standard InChI is InChI=1S/C28H33NO2/c1-29(22-19-23-15-17-26(30-2)18-16-23)28(20-9-10-21-28)31-27(24-11-5-3-6-12-24)25-13-7-4-8-14-25/h3-8,11-18,27H,9-10,19-22H2,1-2H3. The zero-order valence-electron chi connectivity index (χ0n) is 18.7. The van der Waals surface area contributed by atoms with Gasteiger partial charge in [0.25, 0.3) is 0 Å². The second-order valence-electron chi connectivity index (χ2n) is 8.49. The molecule has 0 aromatic heterocycles. The highest BCUT2D eigenvalue weighted by molar-refractivity contribution is 5.30. The van der Waals surface area contributed by atoms with Crippen molar-refractivity contribution in [3.63, 3.8) is 0 Å². The molecule has 0 radical (unpaired) electrons. The number of hydrogen-bond donors (Lipinski definition) is 0. The minimum absolute atomic E-state index is 0.0658. The average Bonchev–Trinajstić information content (AvgIpc) is 3.32. The Hall–Kier alpha value is -2.62. The maximum atomic E-state index is 7.06. The molecule has 0 aliphatic heterocycles. The van der Waals surface area contributed by atoms with Crippen LogP contribution >= 0.6 is 0 Å². The van der Waals surface area contributed by atoms with Gasteiger partial charge in [0.05, 0.1) is 7.11 Å². The van der Waals surface area contributed by atoms with Crippen molar-refractivity contribution in [3.05, 3.63) is 102 Å². The van der Waals surface area contributed by atoms with E-state index in [1.807, 2.05) is 12.1 Å². The van der Waals surface area contributed by atoms with Gasteiger partial charge in [0, 0.05) is 6.54 Å². The number of methoxy groups -OCH3 is 1. The summed E-state index contributed by atoms with van der Waals surface area (Å²) in [6.07, 6.45) is 5.49. The van der Waals surface area contributed by atoms with Crippen molar-refractivity contribution in [2.24, 2.45) is 0 Å². The molecule has 3 heteroatoms. The molecule has 1 aliphatic carbocycles. The minimum atomic E-state index is -0.233. The van der Waals surface area contributed by atoms with Crippen molar-refractivity contribution < 1.29 is 9.47 Å². The van der Waals surface area contributed by atoms with Gasteiger partial charge in [-0.3, -0.25) is 4.90 Å². The first-order chi connectivity index (χ1) is 15.2. The lowest BCUT2D eigenvalue weighted by atomic mass is 10.00. The van der Waals surface area contributed by atoms with E-state index in [1.54, 1.807) is 7.11 Å². The Bertz CT molecular complexity index is 879. The highest BCUT2D eigenvalue weighted by atomic mass is 16.5. The fraction of sp³-hybridized carbons (Fsp3) is 0.357. The summed E-state index contributed by atoms with van der Waals surface area (Å²) in [7, 11) is 3.93. The van der Waals surface area contributed by atoms with E-state index in [1.165, 1.54) is 29.5 Å². The Morgan fingerprint density at radius 2 is 1.35 bits per heavy atom. The molecule has 3 aromatic rings. The summed E-state index contributed by atoms with van der Waals surface area (Å²) in [6, 6.07) is 29.6. The van der Waals surface area contributed by atoms with Crippen LogP contribution in [-0.4, -0.2) is 31.3 Å². The van der Waals surface area contributed by atoms with Crippen LogP contribution in [0.25, 0.3) is 0 Å². The maximum Gasteiger partial charge on any atom is 0.122 e. The van der Waals surface area contributed by atoms with Crippen molar-refractivity contribution in [1.82, 2.24) is 4.90 Å². The van der Waals surface area contributed by atoms with E-state index < -0.39 is 0 Å². The number of ether oxygens (including phenoxy) is 2. The van der Waals surface area contributed by atoms with Crippen LogP contribution in [0.4, 0.5) is 0 Å². The van der Waals surface area contributed by atoms with Gasteiger partial charge in [-0.05, 0) is 68.0 Å². The molecule has 4 rings (SSSR count). The quantitative estimate of drug-likeness (QED) is 0.386. The molecule has 1 fully saturated rings. The van der Waals surface area contributed by atoms with Crippen LogP contribution < -0.4 is 4.74 Å². The molecule has 3 nitrogen and oxygen atoms in total. The zero-order chi connectivity index (χ0) is 21.5. The third-order valence-corrected chi connectivity index (χ3v) is 6.52. The van der Waals surface area contributed by atoms with E-state index in [0.29, 0.717) is 0 Å². The predicted molar refractivity (Wildman–Crippen MR) is 126 cm³/mol. The summed E-state index contributed by atoms with van der Waals surface area (Å²) < 4.78 is 12.4. The Labute approximate surface area is 186 Å². The van der Waals surface area contributed by atoms with Gasteiger partial charge in [0.2, 0.25) is 0 Å². The van der Waals surface area contributed by atoms with Crippen LogP contribution in [0.15, 0.2) is 84.9 Å². The van der Waals surface area contributed by atoms with E-state index in [4.69, 9.17) is 9.47 Å². The normalized spacial score (nSPS) is 15.5. The monoisotopic (exact) mass is 415 g/mol. The highest BCUT2D eigenvalue weighted by Gasteiger charge is 2.41. The summed E-state index contributed by atoms with van der Waals surface area (Å²) in [5.74, 6) is 0.904. The first kappa shape index (κ1) is 21.6. The second kappa shape index (κ2) is 10.1. The molecular formula is C28H33NO2. The molecule has 0 saturated heterocycles. The summed E-state index contributed by atoms with van der Waals surface area (Å²) in [4.78, 5) is 2.45. The molecule has 0 unspecified atom stereocenters. The molecule has 0 spiro atoms. The molecule has 1 saturated carbocycles. The zero-order valence-corrected chi connectivity index (χ0v) is 18.7. The van der Waals surface area contributed by atoms with Gasteiger partial charge < -0.3 is 9.47 Å². The van der Waals surface area contributed by atoms with E-state index in [-0.39, 0.29) is 11.8 Å². The average molecular weight is 416 g/mol. The predicted octanol–water partition coefficient (Wildman–Crippen LogP) is 6.25. The van der Waals surface area contributed by atoms with E-state index in [9.17, 15) is 0 Å². The van der Waals surface area contributed by atoms with Crippen LogP contribution in [0, 0.1) is 0 Å². The molecule has 1 aliphatic rings. The van der Waals surface area contributed by atoms with Crippen LogP contribution in [0.1, 0.15) is 48.5 Å². The smallest absolute Gasteiger partial charge is 0.122 e. The Morgan fingerprint density at radius 1 is 0.806 bits per heavy atom. The molecule has 0 N–H and O–H groups in total. The highest BCUT2D eigenvalue weighted by Crippen LogP contribution is 2.41. The van der Waals surface area contributed by atoms with Gasteiger partial charge in [0.15, 0.2) is 0 Å². The van der Waals surface area contributed by atoms with Gasteiger partial charge in [-0.2, -0.15) is 0 Å².